The third kappa shape index (κ3) is 3.21. The molecule has 0 amide bonds. The topological polar surface area (TPSA) is 67.6 Å². The Labute approximate surface area is 112 Å². The molecule has 1 unspecified atom stereocenters. The highest BCUT2D eigenvalue weighted by Gasteiger charge is 2.23. The zero-order valence-electron chi connectivity index (χ0n) is 11.3. The molecule has 104 valence electrons. The van der Waals surface area contributed by atoms with Crippen molar-refractivity contribution in [2.45, 2.75) is 19.1 Å². The van der Waals surface area contributed by atoms with Crippen molar-refractivity contribution in [3.8, 4) is 0 Å². The summed E-state index contributed by atoms with van der Waals surface area (Å²) in [6.07, 6.45) is 1.29. The number of nitrogens with zero attached hydrogens (tertiary/aromatic N) is 2. The molecule has 1 atom stereocenters. The monoisotopic (exact) mass is 265 g/mol. The van der Waals surface area contributed by atoms with Crippen molar-refractivity contribution in [2.75, 3.05) is 32.6 Å². The molecule has 2 rings (SSSR count). The average molecular weight is 265 g/mol. The minimum atomic E-state index is -0.356. The van der Waals surface area contributed by atoms with Crippen LogP contribution < -0.4 is 5.32 Å². The van der Waals surface area contributed by atoms with Gasteiger partial charge in [-0.2, -0.15) is 0 Å². The van der Waals surface area contributed by atoms with Crippen molar-refractivity contribution in [3.63, 3.8) is 0 Å². The van der Waals surface area contributed by atoms with Gasteiger partial charge in [0.15, 0.2) is 0 Å². The van der Waals surface area contributed by atoms with Gasteiger partial charge in [-0.1, -0.05) is 0 Å². The van der Waals surface area contributed by atoms with Crippen LogP contribution in [-0.4, -0.2) is 43.2 Å². The van der Waals surface area contributed by atoms with E-state index in [2.05, 4.69) is 10.2 Å². The second-order valence-corrected chi connectivity index (χ2v) is 4.73. The van der Waals surface area contributed by atoms with Crippen molar-refractivity contribution in [1.29, 1.82) is 0 Å². The van der Waals surface area contributed by atoms with Crippen LogP contribution in [0.15, 0.2) is 18.2 Å². The summed E-state index contributed by atoms with van der Waals surface area (Å²) in [6.45, 7) is 2.55. The highest BCUT2D eigenvalue weighted by molar-refractivity contribution is 5.55. The first-order valence-corrected chi connectivity index (χ1v) is 6.34. The standard InChI is InChI=1S/C13H19N3O3/c1-14-13-4-3-11(16(17)18)7-10(13)8-15-6-5-12(9-15)19-2/h3-4,7,12,14H,5-6,8-9H2,1-2H3. The van der Waals surface area contributed by atoms with E-state index in [0.717, 1.165) is 30.8 Å². The fourth-order valence-corrected chi connectivity index (χ4v) is 2.44. The summed E-state index contributed by atoms with van der Waals surface area (Å²) in [6, 6.07) is 4.93. The lowest BCUT2D eigenvalue weighted by atomic mass is 10.1. The highest BCUT2D eigenvalue weighted by Crippen LogP contribution is 2.25. The van der Waals surface area contributed by atoms with E-state index in [4.69, 9.17) is 4.74 Å². The molecule has 1 N–H and O–H groups in total. The Morgan fingerprint density at radius 3 is 2.95 bits per heavy atom. The van der Waals surface area contributed by atoms with Crippen LogP contribution in [0.1, 0.15) is 12.0 Å². The molecular weight excluding hydrogens is 246 g/mol. The largest absolute Gasteiger partial charge is 0.388 e. The van der Waals surface area contributed by atoms with E-state index in [-0.39, 0.29) is 16.7 Å². The van der Waals surface area contributed by atoms with Gasteiger partial charge in [0.2, 0.25) is 0 Å². The molecule has 0 aromatic heterocycles. The zero-order chi connectivity index (χ0) is 13.8. The Bertz CT molecular complexity index is 464. The first-order valence-electron chi connectivity index (χ1n) is 6.34. The minimum absolute atomic E-state index is 0.136. The summed E-state index contributed by atoms with van der Waals surface area (Å²) in [5, 5.41) is 13.9. The summed E-state index contributed by atoms with van der Waals surface area (Å²) < 4.78 is 5.33. The molecule has 1 aliphatic rings. The average Bonchev–Trinajstić information content (AvgIpc) is 2.86. The Morgan fingerprint density at radius 2 is 2.37 bits per heavy atom. The number of nitro groups is 1. The predicted octanol–water partition coefficient (Wildman–Crippen LogP) is 1.86. The van der Waals surface area contributed by atoms with Gasteiger partial charge in [-0.15, -0.1) is 0 Å². The van der Waals surface area contributed by atoms with Crippen LogP contribution in [0, 0.1) is 10.1 Å². The fourth-order valence-electron chi connectivity index (χ4n) is 2.44. The molecule has 0 spiro atoms. The number of likely N-dealkylation sites (tertiary alicyclic amines) is 1. The van der Waals surface area contributed by atoms with E-state index < -0.39 is 0 Å². The van der Waals surface area contributed by atoms with Crippen LogP contribution in [0.3, 0.4) is 0 Å². The van der Waals surface area contributed by atoms with Crippen molar-refractivity contribution in [1.82, 2.24) is 4.90 Å². The predicted molar refractivity (Wildman–Crippen MR) is 73.3 cm³/mol. The second-order valence-electron chi connectivity index (χ2n) is 4.73. The molecule has 1 saturated heterocycles. The van der Waals surface area contributed by atoms with E-state index in [1.807, 2.05) is 7.05 Å². The number of anilines is 1. The Morgan fingerprint density at radius 1 is 1.58 bits per heavy atom. The van der Waals surface area contributed by atoms with Crippen LogP contribution in [0.4, 0.5) is 11.4 Å². The highest BCUT2D eigenvalue weighted by atomic mass is 16.6. The zero-order valence-corrected chi connectivity index (χ0v) is 11.3. The summed E-state index contributed by atoms with van der Waals surface area (Å²) in [7, 11) is 3.55. The number of rotatable bonds is 5. The van der Waals surface area contributed by atoms with Crippen molar-refractivity contribution in [3.05, 3.63) is 33.9 Å². The number of benzene rings is 1. The third-order valence-electron chi connectivity index (χ3n) is 3.53. The normalized spacial score (nSPS) is 19.6. The maximum absolute atomic E-state index is 10.8. The van der Waals surface area contributed by atoms with E-state index in [1.54, 1.807) is 19.2 Å². The Hall–Kier alpha value is -1.66. The molecule has 1 fully saturated rings. The van der Waals surface area contributed by atoms with Gasteiger partial charge < -0.3 is 10.1 Å². The van der Waals surface area contributed by atoms with Gasteiger partial charge in [0.1, 0.15) is 0 Å². The molecule has 1 aromatic carbocycles. The lowest BCUT2D eigenvalue weighted by molar-refractivity contribution is -0.384. The summed E-state index contributed by atoms with van der Waals surface area (Å²) in [5.74, 6) is 0. The molecule has 1 heterocycles. The van der Waals surface area contributed by atoms with Gasteiger partial charge in [-0.25, -0.2) is 0 Å². The van der Waals surface area contributed by atoms with Gasteiger partial charge in [0.05, 0.1) is 11.0 Å². The van der Waals surface area contributed by atoms with E-state index in [1.165, 1.54) is 6.07 Å². The van der Waals surface area contributed by atoms with Gasteiger partial charge in [-0.3, -0.25) is 15.0 Å². The first kappa shape index (κ1) is 13.8. The number of ether oxygens (including phenoxy) is 1. The molecule has 6 nitrogen and oxygen atoms in total. The summed E-state index contributed by atoms with van der Waals surface area (Å²) in [5.41, 5.74) is 2.02. The Balaban J connectivity index is 2.14. The van der Waals surface area contributed by atoms with E-state index in [9.17, 15) is 10.1 Å². The number of nitro benzene ring substituents is 1. The van der Waals surface area contributed by atoms with Gasteiger partial charge in [0, 0.05) is 51.6 Å². The molecule has 1 aliphatic heterocycles. The molecule has 0 aliphatic carbocycles. The van der Waals surface area contributed by atoms with Crippen molar-refractivity contribution < 1.29 is 9.66 Å². The SMILES string of the molecule is CNc1ccc([N+](=O)[O-])cc1CN1CCC(OC)C1. The molecule has 1 aromatic rings. The van der Waals surface area contributed by atoms with Crippen LogP contribution >= 0.6 is 0 Å². The smallest absolute Gasteiger partial charge is 0.269 e. The van der Waals surface area contributed by atoms with Crippen LogP contribution in [0.25, 0.3) is 0 Å². The number of non-ortho nitro benzene ring substituents is 1. The minimum Gasteiger partial charge on any atom is -0.388 e. The van der Waals surface area contributed by atoms with Gasteiger partial charge in [-0.05, 0) is 18.1 Å². The lowest BCUT2D eigenvalue weighted by Crippen LogP contribution is -2.22. The molecular formula is C13H19N3O3. The van der Waals surface area contributed by atoms with Crippen molar-refractivity contribution in [2.24, 2.45) is 0 Å². The van der Waals surface area contributed by atoms with E-state index >= 15 is 0 Å². The van der Waals surface area contributed by atoms with Crippen LogP contribution in [0.2, 0.25) is 0 Å². The summed E-state index contributed by atoms with van der Waals surface area (Å²) in [4.78, 5) is 12.7. The summed E-state index contributed by atoms with van der Waals surface area (Å²) >= 11 is 0. The fraction of sp³-hybridized carbons (Fsp3) is 0.538. The first-order chi connectivity index (χ1) is 9.13. The van der Waals surface area contributed by atoms with Crippen LogP contribution in [0.5, 0.6) is 0 Å². The Kier molecular flexibility index (Phi) is 4.34. The third-order valence-corrected chi connectivity index (χ3v) is 3.53. The molecule has 6 heteroatoms. The van der Waals surface area contributed by atoms with Gasteiger partial charge in [0.25, 0.3) is 5.69 Å². The maximum atomic E-state index is 10.8. The molecule has 19 heavy (non-hydrogen) atoms. The number of hydrogen-bond acceptors (Lipinski definition) is 5. The number of methoxy groups -OCH3 is 1. The molecule has 0 radical (unpaired) electrons. The second kappa shape index (κ2) is 5.99. The van der Waals surface area contributed by atoms with Gasteiger partial charge >= 0.3 is 0 Å². The van der Waals surface area contributed by atoms with Crippen LogP contribution in [-0.2, 0) is 11.3 Å². The lowest BCUT2D eigenvalue weighted by Gasteiger charge is -2.17. The maximum Gasteiger partial charge on any atom is 0.269 e. The number of hydrogen-bond donors (Lipinski definition) is 1. The van der Waals surface area contributed by atoms with Crippen molar-refractivity contribution >= 4 is 11.4 Å². The van der Waals surface area contributed by atoms with E-state index in [0.29, 0.717) is 6.54 Å². The molecule has 0 bridgehead atoms. The molecule has 0 saturated carbocycles. The quantitative estimate of drug-likeness (QED) is 0.650. The number of nitrogens with one attached hydrogen (secondary N) is 1.